The number of hydrogen-bond acceptors (Lipinski definition) is 5. The molecule has 1 amide bonds. The first-order chi connectivity index (χ1) is 9.76. The van der Waals surface area contributed by atoms with Crippen LogP contribution in [0.25, 0.3) is 5.65 Å². The van der Waals surface area contributed by atoms with Gasteiger partial charge in [0.1, 0.15) is 11.9 Å². The Hall–Kier alpha value is -2.64. The third-order valence-electron chi connectivity index (χ3n) is 2.55. The summed E-state index contributed by atoms with van der Waals surface area (Å²) in [6.45, 7) is 5.10. The number of carbonyl (C=O) groups excluding carboxylic acids is 1. The van der Waals surface area contributed by atoms with Gasteiger partial charge < -0.3 is 15.2 Å². The van der Waals surface area contributed by atoms with Gasteiger partial charge in [-0.3, -0.25) is 0 Å². The van der Waals surface area contributed by atoms with Crippen molar-refractivity contribution >= 4 is 17.7 Å². The van der Waals surface area contributed by atoms with Crippen molar-refractivity contribution in [2.45, 2.75) is 32.4 Å². The smallest absolute Gasteiger partial charge is 0.408 e. The van der Waals surface area contributed by atoms with Crippen LogP contribution in [0.5, 0.6) is 0 Å². The van der Waals surface area contributed by atoms with Crippen LogP contribution in [-0.2, 0) is 9.53 Å². The van der Waals surface area contributed by atoms with E-state index in [1.165, 1.54) is 10.8 Å². The first-order valence-corrected chi connectivity index (χ1v) is 6.28. The fourth-order valence-electron chi connectivity index (χ4n) is 1.72. The minimum Gasteiger partial charge on any atom is -0.479 e. The maximum atomic E-state index is 11.7. The van der Waals surface area contributed by atoms with Crippen molar-refractivity contribution in [3.8, 4) is 0 Å². The van der Waals surface area contributed by atoms with Crippen molar-refractivity contribution in [1.29, 1.82) is 0 Å². The summed E-state index contributed by atoms with van der Waals surface area (Å²) in [6.07, 6.45) is 2.14. The number of hydrogen-bond donors (Lipinski definition) is 2. The molecule has 0 bridgehead atoms. The van der Waals surface area contributed by atoms with Crippen molar-refractivity contribution in [1.82, 2.24) is 19.9 Å². The fourth-order valence-corrected chi connectivity index (χ4v) is 1.72. The molecule has 0 spiro atoms. The fraction of sp³-hybridized carbons (Fsp3) is 0.385. The van der Waals surface area contributed by atoms with E-state index in [0.29, 0.717) is 11.2 Å². The van der Waals surface area contributed by atoms with Crippen LogP contribution in [0.3, 0.4) is 0 Å². The predicted octanol–water partition coefficient (Wildman–Crippen LogP) is 1.38. The van der Waals surface area contributed by atoms with E-state index in [4.69, 9.17) is 4.74 Å². The molecule has 8 nitrogen and oxygen atoms in total. The summed E-state index contributed by atoms with van der Waals surface area (Å²) >= 11 is 0. The highest BCUT2D eigenvalue weighted by Gasteiger charge is 2.25. The molecule has 2 heterocycles. The van der Waals surface area contributed by atoms with Gasteiger partial charge in [0.25, 0.3) is 0 Å². The molecule has 112 valence electrons. The average Bonchev–Trinajstić information content (AvgIpc) is 2.80. The molecule has 2 rings (SSSR count). The van der Waals surface area contributed by atoms with Crippen molar-refractivity contribution in [2.75, 3.05) is 0 Å². The van der Waals surface area contributed by atoms with Gasteiger partial charge in [-0.05, 0) is 38.5 Å². The average molecular weight is 292 g/mol. The van der Waals surface area contributed by atoms with E-state index in [-0.39, 0.29) is 0 Å². The van der Waals surface area contributed by atoms with E-state index >= 15 is 0 Å². The minimum absolute atomic E-state index is 0.383. The molecular weight excluding hydrogens is 276 g/mol. The largest absolute Gasteiger partial charge is 0.479 e. The highest BCUT2D eigenvalue weighted by atomic mass is 16.6. The summed E-state index contributed by atoms with van der Waals surface area (Å²) < 4.78 is 6.56. The lowest BCUT2D eigenvalue weighted by atomic mass is 10.1. The van der Waals surface area contributed by atoms with Crippen LogP contribution in [0.2, 0.25) is 0 Å². The van der Waals surface area contributed by atoms with Crippen LogP contribution in [0.1, 0.15) is 32.4 Å². The van der Waals surface area contributed by atoms with Crippen LogP contribution >= 0.6 is 0 Å². The van der Waals surface area contributed by atoms with Gasteiger partial charge in [0.05, 0.1) is 0 Å². The zero-order chi connectivity index (χ0) is 15.6. The number of ether oxygens (including phenoxy) is 1. The SMILES string of the molecule is CC(C)(C)OC(=O)NC(C(=O)O)c1ccn2ncnc2c1. The number of carboxylic acid groups (broad SMARTS) is 1. The van der Waals surface area contributed by atoms with E-state index in [2.05, 4.69) is 15.4 Å². The topological polar surface area (TPSA) is 106 Å². The molecule has 21 heavy (non-hydrogen) atoms. The van der Waals surface area contributed by atoms with Gasteiger partial charge in [-0.1, -0.05) is 0 Å². The van der Waals surface area contributed by atoms with Crippen molar-refractivity contribution in [3.05, 3.63) is 30.2 Å². The number of rotatable bonds is 3. The summed E-state index contributed by atoms with van der Waals surface area (Å²) in [5.41, 5.74) is 0.169. The maximum Gasteiger partial charge on any atom is 0.408 e. The molecule has 0 saturated carbocycles. The lowest BCUT2D eigenvalue weighted by Gasteiger charge is -2.22. The number of amides is 1. The molecule has 0 fully saturated rings. The van der Waals surface area contributed by atoms with Crippen LogP contribution in [0, 0.1) is 0 Å². The Kier molecular flexibility index (Phi) is 3.79. The molecule has 0 aliphatic rings. The Balaban J connectivity index is 2.22. The highest BCUT2D eigenvalue weighted by Crippen LogP contribution is 2.16. The lowest BCUT2D eigenvalue weighted by Crippen LogP contribution is -2.38. The highest BCUT2D eigenvalue weighted by molar-refractivity contribution is 5.81. The van der Waals surface area contributed by atoms with E-state index in [1.807, 2.05) is 0 Å². The number of aliphatic carboxylic acids is 1. The number of carbonyl (C=O) groups is 2. The molecule has 8 heteroatoms. The van der Waals surface area contributed by atoms with E-state index < -0.39 is 23.7 Å². The third-order valence-corrected chi connectivity index (χ3v) is 2.55. The van der Waals surface area contributed by atoms with E-state index in [1.54, 1.807) is 39.1 Å². The Morgan fingerprint density at radius 3 is 2.76 bits per heavy atom. The van der Waals surface area contributed by atoms with Gasteiger partial charge in [0, 0.05) is 6.20 Å². The quantitative estimate of drug-likeness (QED) is 0.885. The Labute approximate surface area is 120 Å². The number of nitrogens with one attached hydrogen (secondary N) is 1. The van der Waals surface area contributed by atoms with Gasteiger partial charge in [-0.2, -0.15) is 5.10 Å². The standard InChI is InChI=1S/C13H16N4O4/c1-13(2,3)21-12(20)16-10(11(18)19)8-4-5-17-9(6-8)14-7-15-17/h4-7,10H,1-3H3,(H,16,20)(H,18,19). The second-order valence-electron chi connectivity index (χ2n) is 5.44. The lowest BCUT2D eigenvalue weighted by molar-refractivity contribution is -0.139. The molecule has 0 radical (unpaired) electrons. The Morgan fingerprint density at radius 2 is 2.14 bits per heavy atom. The molecule has 0 saturated heterocycles. The van der Waals surface area contributed by atoms with Gasteiger partial charge >= 0.3 is 12.1 Å². The van der Waals surface area contributed by atoms with E-state index in [9.17, 15) is 14.7 Å². The maximum absolute atomic E-state index is 11.7. The number of alkyl carbamates (subject to hydrolysis) is 1. The molecule has 1 unspecified atom stereocenters. The monoisotopic (exact) mass is 292 g/mol. The van der Waals surface area contributed by atoms with Gasteiger partial charge in [-0.25, -0.2) is 19.1 Å². The summed E-state index contributed by atoms with van der Waals surface area (Å²) in [5.74, 6) is -1.19. The van der Waals surface area contributed by atoms with Crippen LogP contribution in [0.4, 0.5) is 4.79 Å². The molecule has 2 aromatic heterocycles. The van der Waals surface area contributed by atoms with Crippen LogP contribution < -0.4 is 5.32 Å². The summed E-state index contributed by atoms with van der Waals surface area (Å²) in [5, 5.41) is 15.5. The van der Waals surface area contributed by atoms with Gasteiger partial charge in [0.15, 0.2) is 11.7 Å². The number of nitrogens with zero attached hydrogens (tertiary/aromatic N) is 3. The van der Waals surface area contributed by atoms with Crippen molar-refractivity contribution in [3.63, 3.8) is 0 Å². The molecule has 1 atom stereocenters. The molecule has 2 aromatic rings. The second-order valence-corrected chi connectivity index (χ2v) is 5.44. The zero-order valence-corrected chi connectivity index (χ0v) is 11.9. The number of fused-ring (bicyclic) bond motifs is 1. The normalized spacial score (nSPS) is 12.9. The number of pyridine rings is 1. The zero-order valence-electron chi connectivity index (χ0n) is 11.9. The Bertz CT molecular complexity index is 674. The van der Waals surface area contributed by atoms with Crippen molar-refractivity contribution < 1.29 is 19.4 Å². The van der Waals surface area contributed by atoms with Gasteiger partial charge in [0.2, 0.25) is 0 Å². The molecular formula is C13H16N4O4. The molecule has 0 aliphatic heterocycles. The minimum atomic E-state index is -1.22. The number of aromatic nitrogens is 3. The van der Waals surface area contributed by atoms with Crippen LogP contribution in [0.15, 0.2) is 24.7 Å². The molecule has 0 aromatic carbocycles. The first-order valence-electron chi connectivity index (χ1n) is 6.28. The summed E-state index contributed by atoms with van der Waals surface area (Å²) in [7, 11) is 0. The van der Waals surface area contributed by atoms with Crippen LogP contribution in [-0.4, -0.2) is 37.4 Å². The van der Waals surface area contributed by atoms with E-state index in [0.717, 1.165) is 0 Å². The first kappa shape index (κ1) is 14.8. The molecule has 0 aliphatic carbocycles. The summed E-state index contributed by atoms with van der Waals surface area (Å²) in [4.78, 5) is 27.1. The number of carboxylic acids is 1. The van der Waals surface area contributed by atoms with Crippen molar-refractivity contribution in [2.24, 2.45) is 0 Å². The second kappa shape index (κ2) is 5.39. The van der Waals surface area contributed by atoms with Gasteiger partial charge in [-0.15, -0.1) is 0 Å². The summed E-state index contributed by atoms with van der Waals surface area (Å²) in [6, 6.07) is 1.88. The predicted molar refractivity (Wildman–Crippen MR) is 72.7 cm³/mol. The molecule has 2 N–H and O–H groups in total. The Morgan fingerprint density at radius 1 is 1.43 bits per heavy atom. The third kappa shape index (κ3) is 3.68.